The minimum Gasteiger partial charge on any atom is -0.398 e. The zero-order valence-corrected chi connectivity index (χ0v) is 13.8. The highest BCUT2D eigenvalue weighted by Gasteiger charge is 2.52. The molecule has 1 N–H and O–H groups in total. The summed E-state index contributed by atoms with van der Waals surface area (Å²) in [6.07, 6.45) is 0.378. The Bertz CT molecular complexity index is 717. The Kier molecular flexibility index (Phi) is 3.46. The van der Waals surface area contributed by atoms with Gasteiger partial charge in [-0.3, -0.25) is 4.79 Å². The van der Waals surface area contributed by atoms with E-state index < -0.39 is 18.3 Å². The van der Waals surface area contributed by atoms with Crippen LogP contribution < -0.4 is 5.59 Å². The molecule has 5 heteroatoms. The van der Waals surface area contributed by atoms with E-state index in [1.165, 1.54) is 0 Å². The van der Waals surface area contributed by atoms with Gasteiger partial charge >= 0.3 is 7.12 Å². The van der Waals surface area contributed by atoms with Crippen LogP contribution in [0.2, 0.25) is 0 Å². The number of H-pyrrole nitrogens is 1. The molecule has 1 aromatic heterocycles. The quantitative estimate of drug-likeness (QED) is 0.886. The second kappa shape index (κ2) is 4.96. The molecule has 0 radical (unpaired) electrons. The van der Waals surface area contributed by atoms with Crippen molar-refractivity contribution >= 4 is 29.4 Å². The van der Waals surface area contributed by atoms with Gasteiger partial charge in [-0.1, -0.05) is 18.2 Å². The lowest BCUT2D eigenvalue weighted by Crippen LogP contribution is -2.41. The van der Waals surface area contributed by atoms with Gasteiger partial charge in [0.15, 0.2) is 0 Å². The third-order valence-corrected chi connectivity index (χ3v) is 4.76. The number of benzene rings is 1. The fourth-order valence-electron chi connectivity index (χ4n) is 2.82. The Hall–Kier alpha value is -1.59. The predicted octanol–water partition coefficient (Wildman–Crippen LogP) is 2.60. The molecule has 2 heterocycles. The van der Waals surface area contributed by atoms with Gasteiger partial charge in [-0.2, -0.15) is 0 Å². The normalized spacial score (nSPS) is 19.8. The maximum atomic E-state index is 11.7. The highest BCUT2D eigenvalue weighted by molar-refractivity contribution is 6.62. The van der Waals surface area contributed by atoms with Crippen molar-refractivity contribution in [2.75, 3.05) is 0 Å². The number of aromatic nitrogens is 1. The number of Topliss-reactive ketones (excluding diaryl/α,β-unsaturated/α-hetero) is 1. The first kappa shape index (κ1) is 15.3. The summed E-state index contributed by atoms with van der Waals surface area (Å²) in [7, 11) is -0.480. The summed E-state index contributed by atoms with van der Waals surface area (Å²) in [6, 6.07) is 7.99. The summed E-state index contributed by atoms with van der Waals surface area (Å²) < 4.78 is 12.3. The molecule has 0 aliphatic carbocycles. The van der Waals surface area contributed by atoms with E-state index >= 15 is 0 Å². The van der Waals surface area contributed by atoms with Crippen LogP contribution in [0.15, 0.2) is 24.3 Å². The van der Waals surface area contributed by atoms with E-state index in [1.807, 2.05) is 52.0 Å². The molecule has 1 saturated heterocycles. The third-order valence-electron chi connectivity index (χ3n) is 4.76. The Morgan fingerprint density at radius 2 is 1.73 bits per heavy atom. The summed E-state index contributed by atoms with van der Waals surface area (Å²) in [6.45, 7) is 9.72. The van der Waals surface area contributed by atoms with Crippen LogP contribution in [0.3, 0.4) is 0 Å². The number of carbonyl (C=O) groups excluding carboxylic acids is 1. The van der Waals surface area contributed by atoms with Crippen molar-refractivity contribution in [1.29, 1.82) is 0 Å². The molecule has 22 heavy (non-hydrogen) atoms. The number of nitrogens with one attached hydrogen (secondary N) is 1. The molecular weight excluding hydrogens is 277 g/mol. The average molecular weight is 299 g/mol. The fourth-order valence-corrected chi connectivity index (χ4v) is 2.82. The van der Waals surface area contributed by atoms with Crippen LogP contribution in [0.1, 0.15) is 40.2 Å². The van der Waals surface area contributed by atoms with Gasteiger partial charge in [0.1, 0.15) is 5.78 Å². The number of aromatic amines is 1. The molecule has 3 rings (SSSR count). The highest BCUT2D eigenvalue weighted by atomic mass is 16.7. The molecule has 2 aromatic rings. The first-order valence-electron chi connectivity index (χ1n) is 7.66. The summed E-state index contributed by atoms with van der Waals surface area (Å²) >= 11 is 0. The molecule has 1 fully saturated rings. The first-order chi connectivity index (χ1) is 10.2. The number of fused-ring (bicyclic) bond motifs is 1. The van der Waals surface area contributed by atoms with Crippen LogP contribution in [0.4, 0.5) is 0 Å². The van der Waals surface area contributed by atoms with Crippen LogP contribution in [-0.4, -0.2) is 29.1 Å². The largest absolute Gasteiger partial charge is 0.512 e. The van der Waals surface area contributed by atoms with Crippen molar-refractivity contribution in [3.8, 4) is 0 Å². The molecule has 0 bridgehead atoms. The molecule has 0 atom stereocenters. The monoisotopic (exact) mass is 299 g/mol. The molecule has 0 amide bonds. The summed E-state index contributed by atoms with van der Waals surface area (Å²) in [5.74, 6) is 0.127. The van der Waals surface area contributed by atoms with Gasteiger partial charge in [0.25, 0.3) is 0 Å². The van der Waals surface area contributed by atoms with E-state index in [0.717, 1.165) is 22.1 Å². The lowest BCUT2D eigenvalue weighted by atomic mass is 9.80. The van der Waals surface area contributed by atoms with E-state index in [0.29, 0.717) is 6.42 Å². The number of para-hydroxylation sites is 1. The highest BCUT2D eigenvalue weighted by Crippen LogP contribution is 2.37. The van der Waals surface area contributed by atoms with Crippen molar-refractivity contribution in [2.45, 2.75) is 52.2 Å². The summed E-state index contributed by atoms with van der Waals surface area (Å²) in [5.41, 5.74) is 2.03. The average Bonchev–Trinajstić information content (AvgIpc) is 2.85. The standard InChI is InChI=1S/C17H22BNO3/c1-11(20)10-13-12-8-6-7-9-14(12)19-15(13)18-21-16(2,3)17(4,5)22-18/h6-9,19H,10H2,1-5H3. The maximum Gasteiger partial charge on any atom is 0.512 e. The Balaban J connectivity index is 2.09. The molecule has 0 unspecified atom stereocenters. The van der Waals surface area contributed by atoms with Gasteiger partial charge < -0.3 is 14.3 Å². The van der Waals surface area contributed by atoms with Crippen molar-refractivity contribution in [1.82, 2.24) is 4.98 Å². The van der Waals surface area contributed by atoms with Gasteiger partial charge in [-0.25, -0.2) is 0 Å². The van der Waals surface area contributed by atoms with Crippen molar-refractivity contribution in [3.63, 3.8) is 0 Å². The van der Waals surface area contributed by atoms with E-state index in [4.69, 9.17) is 9.31 Å². The fraction of sp³-hybridized carbons (Fsp3) is 0.471. The molecule has 1 aliphatic heterocycles. The van der Waals surface area contributed by atoms with Crippen molar-refractivity contribution in [3.05, 3.63) is 29.8 Å². The van der Waals surface area contributed by atoms with Crippen LogP contribution in [0.5, 0.6) is 0 Å². The Morgan fingerprint density at radius 3 is 2.32 bits per heavy atom. The van der Waals surface area contributed by atoms with E-state index in [9.17, 15) is 4.79 Å². The van der Waals surface area contributed by atoms with Gasteiger partial charge in [0.05, 0.1) is 16.8 Å². The van der Waals surface area contributed by atoms with E-state index in [-0.39, 0.29) is 5.78 Å². The molecular formula is C17H22BNO3. The van der Waals surface area contributed by atoms with E-state index in [2.05, 4.69) is 4.98 Å². The Morgan fingerprint density at radius 1 is 1.14 bits per heavy atom. The smallest absolute Gasteiger partial charge is 0.398 e. The number of hydrogen-bond donors (Lipinski definition) is 1. The van der Waals surface area contributed by atoms with Crippen molar-refractivity contribution in [2.24, 2.45) is 0 Å². The van der Waals surface area contributed by atoms with Crippen LogP contribution in [0, 0.1) is 0 Å². The minimum atomic E-state index is -0.480. The van der Waals surface area contributed by atoms with Gasteiger partial charge in [0, 0.05) is 17.3 Å². The topological polar surface area (TPSA) is 51.3 Å². The predicted molar refractivity (Wildman–Crippen MR) is 88.4 cm³/mol. The maximum absolute atomic E-state index is 11.7. The molecule has 0 saturated carbocycles. The second-order valence-electron chi connectivity index (χ2n) is 7.03. The van der Waals surface area contributed by atoms with Crippen LogP contribution in [-0.2, 0) is 20.5 Å². The molecule has 0 spiro atoms. The van der Waals surface area contributed by atoms with E-state index in [1.54, 1.807) is 6.92 Å². The summed E-state index contributed by atoms with van der Waals surface area (Å²) in [4.78, 5) is 15.1. The lowest BCUT2D eigenvalue weighted by Gasteiger charge is -2.32. The third kappa shape index (κ3) is 2.38. The Labute approximate surface area is 131 Å². The minimum absolute atomic E-state index is 0.127. The molecule has 1 aliphatic rings. The molecule has 4 nitrogen and oxygen atoms in total. The van der Waals surface area contributed by atoms with Gasteiger partial charge in [-0.15, -0.1) is 0 Å². The zero-order valence-electron chi connectivity index (χ0n) is 13.8. The van der Waals surface area contributed by atoms with Crippen molar-refractivity contribution < 1.29 is 14.1 Å². The zero-order chi connectivity index (χ0) is 16.1. The number of ketones is 1. The van der Waals surface area contributed by atoms with Gasteiger partial charge in [0.2, 0.25) is 0 Å². The second-order valence-corrected chi connectivity index (χ2v) is 7.03. The van der Waals surface area contributed by atoms with Gasteiger partial charge in [-0.05, 0) is 46.2 Å². The van der Waals surface area contributed by atoms with Crippen LogP contribution >= 0.6 is 0 Å². The number of rotatable bonds is 3. The van der Waals surface area contributed by atoms with Crippen LogP contribution in [0.25, 0.3) is 10.9 Å². The number of carbonyl (C=O) groups is 1. The SMILES string of the molecule is CC(=O)Cc1c(B2OC(C)(C)C(C)(C)O2)[nH]c2ccccc12. The number of hydrogen-bond acceptors (Lipinski definition) is 3. The first-order valence-corrected chi connectivity index (χ1v) is 7.66. The molecule has 116 valence electrons. The molecule has 1 aromatic carbocycles. The lowest BCUT2D eigenvalue weighted by molar-refractivity contribution is -0.116. The summed E-state index contributed by atoms with van der Waals surface area (Å²) in [5, 5.41) is 1.06.